The number of hydrogen-bond acceptors (Lipinski definition) is 4. The average Bonchev–Trinajstić information content (AvgIpc) is 2.85. The molecular formula is C15H29NO4. The largest absolute Gasteiger partial charge is 0.469 e. The molecule has 1 fully saturated rings. The van der Waals surface area contributed by atoms with E-state index in [9.17, 15) is 9.59 Å². The summed E-state index contributed by atoms with van der Waals surface area (Å²) in [4.78, 5) is 24.6. The first kappa shape index (κ1) is 18.7. The number of methoxy groups -OCH3 is 1. The molecule has 5 nitrogen and oxygen atoms in total. The van der Waals surface area contributed by atoms with Crippen molar-refractivity contribution in [3.63, 3.8) is 0 Å². The number of nitrogens with zero attached hydrogens (tertiary/aromatic N) is 1. The molecule has 1 saturated heterocycles. The number of rotatable bonds is 3. The maximum absolute atomic E-state index is 11.8. The molecule has 1 aliphatic rings. The zero-order chi connectivity index (χ0) is 15.8. The molecule has 1 amide bonds. The van der Waals surface area contributed by atoms with Crippen molar-refractivity contribution in [3.05, 3.63) is 0 Å². The van der Waals surface area contributed by atoms with E-state index in [0.29, 0.717) is 25.4 Å². The van der Waals surface area contributed by atoms with Crippen LogP contribution in [0.5, 0.6) is 0 Å². The van der Waals surface area contributed by atoms with Crippen molar-refractivity contribution in [2.24, 2.45) is 5.92 Å². The molecule has 0 aromatic heterocycles. The molecule has 1 heterocycles. The summed E-state index contributed by atoms with van der Waals surface area (Å²) in [5.74, 6) is 0.183. The highest BCUT2D eigenvalue weighted by molar-refractivity contribution is 5.69. The lowest BCUT2D eigenvalue weighted by atomic mass is 10.0. The van der Waals surface area contributed by atoms with Gasteiger partial charge in [-0.1, -0.05) is 13.8 Å². The predicted molar refractivity (Wildman–Crippen MR) is 78.5 cm³/mol. The van der Waals surface area contributed by atoms with E-state index in [0.717, 1.165) is 12.8 Å². The van der Waals surface area contributed by atoms with Crippen LogP contribution in [0.4, 0.5) is 4.79 Å². The molecule has 0 aromatic rings. The van der Waals surface area contributed by atoms with Crippen LogP contribution in [-0.2, 0) is 14.3 Å². The van der Waals surface area contributed by atoms with Gasteiger partial charge in [0.05, 0.1) is 7.11 Å². The Balaban J connectivity index is 0.00000172. The third kappa shape index (κ3) is 7.36. The summed E-state index contributed by atoms with van der Waals surface area (Å²) in [6.07, 6.45) is 1.86. The Morgan fingerprint density at radius 3 is 2.35 bits per heavy atom. The van der Waals surface area contributed by atoms with Gasteiger partial charge in [-0.05, 0) is 39.5 Å². The van der Waals surface area contributed by atoms with Gasteiger partial charge in [0.15, 0.2) is 0 Å². The number of carbonyl (C=O) groups is 2. The molecule has 0 spiro atoms. The molecule has 0 aliphatic carbocycles. The lowest BCUT2D eigenvalue weighted by Crippen LogP contribution is -2.35. The number of ether oxygens (including phenoxy) is 2. The van der Waals surface area contributed by atoms with Crippen molar-refractivity contribution in [2.45, 2.75) is 59.5 Å². The lowest BCUT2D eigenvalue weighted by Gasteiger charge is -2.24. The Bertz CT molecular complexity index is 309. The van der Waals surface area contributed by atoms with E-state index in [1.54, 1.807) is 4.90 Å². The van der Waals surface area contributed by atoms with Crippen molar-refractivity contribution in [1.29, 1.82) is 0 Å². The van der Waals surface area contributed by atoms with Gasteiger partial charge in [0.1, 0.15) is 5.60 Å². The van der Waals surface area contributed by atoms with E-state index in [1.807, 2.05) is 34.6 Å². The summed E-state index contributed by atoms with van der Waals surface area (Å²) in [6, 6.07) is 0. The maximum Gasteiger partial charge on any atom is 0.410 e. The Hall–Kier alpha value is -1.26. The van der Waals surface area contributed by atoms with E-state index in [1.165, 1.54) is 7.11 Å². The molecule has 1 rings (SSSR count). The van der Waals surface area contributed by atoms with E-state index >= 15 is 0 Å². The Morgan fingerprint density at radius 2 is 1.85 bits per heavy atom. The SMILES string of the molecule is CC.COC(=O)CCC1CCN(C(=O)OC(C)(C)C)C1. The zero-order valence-electron chi connectivity index (χ0n) is 13.7. The summed E-state index contributed by atoms with van der Waals surface area (Å²) >= 11 is 0. The van der Waals surface area contributed by atoms with Crippen molar-refractivity contribution < 1.29 is 19.1 Å². The zero-order valence-corrected chi connectivity index (χ0v) is 13.7. The number of likely N-dealkylation sites (tertiary alicyclic amines) is 1. The van der Waals surface area contributed by atoms with Crippen LogP contribution in [0.15, 0.2) is 0 Å². The van der Waals surface area contributed by atoms with Crippen LogP contribution in [-0.4, -0.2) is 42.8 Å². The van der Waals surface area contributed by atoms with E-state index < -0.39 is 5.60 Å². The fourth-order valence-electron chi connectivity index (χ4n) is 1.98. The lowest BCUT2D eigenvalue weighted by molar-refractivity contribution is -0.140. The highest BCUT2D eigenvalue weighted by atomic mass is 16.6. The van der Waals surface area contributed by atoms with Crippen LogP contribution in [0.25, 0.3) is 0 Å². The van der Waals surface area contributed by atoms with Gasteiger partial charge in [-0.3, -0.25) is 4.79 Å². The average molecular weight is 287 g/mol. The molecule has 1 aliphatic heterocycles. The van der Waals surface area contributed by atoms with Crippen LogP contribution < -0.4 is 0 Å². The summed E-state index contributed by atoms with van der Waals surface area (Å²) in [5, 5.41) is 0. The molecule has 1 unspecified atom stereocenters. The Kier molecular flexibility index (Phi) is 8.26. The van der Waals surface area contributed by atoms with Crippen LogP contribution in [0.1, 0.15) is 53.9 Å². The second-order valence-corrected chi connectivity index (χ2v) is 5.70. The van der Waals surface area contributed by atoms with Gasteiger partial charge in [-0.15, -0.1) is 0 Å². The summed E-state index contributed by atoms with van der Waals surface area (Å²) in [6.45, 7) is 11.0. The van der Waals surface area contributed by atoms with Crippen LogP contribution in [0, 0.1) is 5.92 Å². The number of amides is 1. The van der Waals surface area contributed by atoms with Gasteiger partial charge < -0.3 is 14.4 Å². The molecular weight excluding hydrogens is 258 g/mol. The van der Waals surface area contributed by atoms with Crippen molar-refractivity contribution in [2.75, 3.05) is 20.2 Å². The molecule has 20 heavy (non-hydrogen) atoms. The first-order chi connectivity index (χ1) is 9.31. The first-order valence-corrected chi connectivity index (χ1v) is 7.36. The molecule has 0 saturated carbocycles. The Labute approximate surface area is 122 Å². The fourth-order valence-corrected chi connectivity index (χ4v) is 1.98. The van der Waals surface area contributed by atoms with E-state index in [-0.39, 0.29) is 12.1 Å². The monoisotopic (exact) mass is 287 g/mol. The van der Waals surface area contributed by atoms with Crippen LogP contribution >= 0.6 is 0 Å². The topological polar surface area (TPSA) is 55.8 Å². The van der Waals surface area contributed by atoms with Crippen LogP contribution in [0.2, 0.25) is 0 Å². The van der Waals surface area contributed by atoms with E-state index in [2.05, 4.69) is 4.74 Å². The van der Waals surface area contributed by atoms with Crippen LogP contribution in [0.3, 0.4) is 0 Å². The van der Waals surface area contributed by atoms with Crippen molar-refractivity contribution in [1.82, 2.24) is 4.90 Å². The number of esters is 1. The molecule has 0 aromatic carbocycles. The Morgan fingerprint density at radius 1 is 1.25 bits per heavy atom. The summed E-state index contributed by atoms with van der Waals surface area (Å²) in [5.41, 5.74) is -0.457. The van der Waals surface area contributed by atoms with Gasteiger partial charge in [-0.2, -0.15) is 0 Å². The van der Waals surface area contributed by atoms with Gasteiger partial charge >= 0.3 is 12.1 Å². The second kappa shape index (κ2) is 8.82. The second-order valence-electron chi connectivity index (χ2n) is 5.70. The maximum atomic E-state index is 11.8. The fraction of sp³-hybridized carbons (Fsp3) is 0.867. The molecule has 5 heteroatoms. The highest BCUT2D eigenvalue weighted by Gasteiger charge is 2.29. The number of carbonyl (C=O) groups excluding carboxylic acids is 2. The van der Waals surface area contributed by atoms with Crippen molar-refractivity contribution in [3.8, 4) is 0 Å². The molecule has 118 valence electrons. The minimum atomic E-state index is -0.457. The van der Waals surface area contributed by atoms with Gasteiger partial charge in [0.2, 0.25) is 0 Å². The summed E-state index contributed by atoms with van der Waals surface area (Å²) < 4.78 is 9.92. The van der Waals surface area contributed by atoms with Gasteiger partial charge in [0.25, 0.3) is 0 Å². The third-order valence-electron chi connectivity index (χ3n) is 2.92. The minimum absolute atomic E-state index is 0.189. The quantitative estimate of drug-likeness (QED) is 0.748. The molecule has 1 atom stereocenters. The van der Waals surface area contributed by atoms with Gasteiger partial charge in [0, 0.05) is 19.5 Å². The highest BCUT2D eigenvalue weighted by Crippen LogP contribution is 2.23. The smallest absolute Gasteiger partial charge is 0.410 e. The molecule has 0 N–H and O–H groups in total. The third-order valence-corrected chi connectivity index (χ3v) is 2.92. The molecule has 0 bridgehead atoms. The van der Waals surface area contributed by atoms with Crippen molar-refractivity contribution >= 4 is 12.1 Å². The molecule has 0 radical (unpaired) electrons. The summed E-state index contributed by atoms with van der Waals surface area (Å²) in [7, 11) is 1.39. The predicted octanol–water partition coefficient (Wildman–Crippen LogP) is 3.22. The minimum Gasteiger partial charge on any atom is -0.469 e. The first-order valence-electron chi connectivity index (χ1n) is 7.36. The van der Waals surface area contributed by atoms with E-state index in [4.69, 9.17) is 4.74 Å². The normalized spacial score (nSPS) is 18.1. The standard InChI is InChI=1S/C13H23NO4.C2H6/c1-13(2,3)18-12(16)14-8-7-10(9-14)5-6-11(15)17-4;1-2/h10H,5-9H2,1-4H3;1-2H3. The van der Waals surface area contributed by atoms with Gasteiger partial charge in [-0.25, -0.2) is 4.79 Å². The number of hydrogen-bond donors (Lipinski definition) is 0.